The van der Waals surface area contributed by atoms with Gasteiger partial charge in [-0.2, -0.15) is 4.98 Å². The molecular weight excluding hydrogens is 408 g/mol. The fraction of sp³-hybridized carbons (Fsp3) is 0.263. The largest absolute Gasteiger partial charge is 0.346 e. The highest BCUT2D eigenvalue weighted by atomic mass is 35.5. The summed E-state index contributed by atoms with van der Waals surface area (Å²) in [5.41, 5.74) is 2.94. The number of hydrogen-bond donors (Lipinski definition) is 0. The third-order valence-electron chi connectivity index (χ3n) is 5.59. The van der Waals surface area contributed by atoms with Crippen molar-refractivity contribution in [3.8, 4) is 0 Å². The highest BCUT2D eigenvalue weighted by Crippen LogP contribution is 2.56. The molecule has 4 aromatic rings. The van der Waals surface area contributed by atoms with Crippen molar-refractivity contribution in [3.05, 3.63) is 70.0 Å². The van der Waals surface area contributed by atoms with Gasteiger partial charge in [-0.15, -0.1) is 0 Å². The Morgan fingerprint density at radius 2 is 2.10 bits per heavy atom. The third-order valence-corrected chi connectivity index (χ3v) is 5.81. The third kappa shape index (κ3) is 2.64. The summed E-state index contributed by atoms with van der Waals surface area (Å²) in [6.07, 6.45) is 6.89. The summed E-state index contributed by atoms with van der Waals surface area (Å²) in [6.45, 7) is 1.01. The quantitative estimate of drug-likeness (QED) is 0.457. The van der Waals surface area contributed by atoms with E-state index < -0.39 is 0 Å². The van der Waals surface area contributed by atoms with Crippen molar-refractivity contribution in [2.75, 3.05) is 11.4 Å². The van der Waals surface area contributed by atoms with E-state index in [0.717, 1.165) is 12.2 Å². The van der Waals surface area contributed by atoms with E-state index in [1.165, 1.54) is 16.5 Å². The van der Waals surface area contributed by atoms with Crippen LogP contribution < -0.4 is 10.5 Å². The summed E-state index contributed by atoms with van der Waals surface area (Å²) in [5, 5.41) is 4.61. The van der Waals surface area contributed by atoms with E-state index in [-0.39, 0.29) is 18.0 Å². The second kappa shape index (κ2) is 6.23. The Morgan fingerprint density at radius 3 is 2.87 bits per heavy atom. The average Bonchev–Trinajstić information content (AvgIpc) is 3.16. The lowest BCUT2D eigenvalue weighted by Crippen LogP contribution is -2.22. The maximum absolute atomic E-state index is 12.7. The van der Waals surface area contributed by atoms with Crippen LogP contribution in [0.2, 0.25) is 5.15 Å². The van der Waals surface area contributed by atoms with Crippen molar-refractivity contribution in [1.82, 2.24) is 34.2 Å². The van der Waals surface area contributed by atoms with Crippen molar-refractivity contribution in [2.24, 2.45) is 13.0 Å². The normalized spacial score (nSPS) is 19.9. The number of halogens is 1. The lowest BCUT2D eigenvalue weighted by atomic mass is 10.2. The zero-order valence-corrected chi connectivity index (χ0v) is 16.6. The molecule has 4 aromatic heterocycles. The molecule has 30 heavy (non-hydrogen) atoms. The van der Waals surface area contributed by atoms with Crippen LogP contribution in [0.4, 0.5) is 5.69 Å². The SMILES string of the molecule is Cn1cnc2ncn(Cc3nc([C@H]4C5=CN(c6ccc(Cl)nc6)C[C@@H]54)no3)c(=O)c21. The number of hydrogen-bond acceptors (Lipinski definition) is 8. The number of anilines is 1. The van der Waals surface area contributed by atoms with Crippen LogP contribution >= 0.6 is 11.6 Å². The van der Waals surface area contributed by atoms with Crippen molar-refractivity contribution in [3.63, 3.8) is 0 Å². The van der Waals surface area contributed by atoms with E-state index in [1.807, 2.05) is 6.07 Å². The molecule has 11 heteroatoms. The van der Waals surface area contributed by atoms with Crippen molar-refractivity contribution in [1.29, 1.82) is 0 Å². The van der Waals surface area contributed by atoms with Crippen LogP contribution in [-0.4, -0.2) is 40.8 Å². The molecule has 0 N–H and O–H groups in total. The lowest BCUT2D eigenvalue weighted by Gasteiger charge is -2.17. The Balaban J connectivity index is 1.21. The molecule has 5 heterocycles. The van der Waals surface area contributed by atoms with Gasteiger partial charge in [0.15, 0.2) is 17.0 Å². The number of aryl methyl sites for hydroxylation is 1. The summed E-state index contributed by atoms with van der Waals surface area (Å²) in [6, 6.07) is 3.73. The molecule has 0 bridgehead atoms. The van der Waals surface area contributed by atoms with Crippen LogP contribution in [0.15, 0.2) is 52.1 Å². The molecule has 0 radical (unpaired) electrons. The molecule has 2 atom stereocenters. The number of aromatic nitrogens is 7. The molecular formula is C19H15ClN8O2. The molecule has 1 fully saturated rings. The van der Waals surface area contributed by atoms with E-state index in [4.69, 9.17) is 16.1 Å². The number of imidazole rings is 1. The zero-order valence-electron chi connectivity index (χ0n) is 15.8. The highest BCUT2D eigenvalue weighted by molar-refractivity contribution is 6.29. The minimum Gasteiger partial charge on any atom is -0.346 e. The zero-order chi connectivity index (χ0) is 20.4. The van der Waals surface area contributed by atoms with Gasteiger partial charge in [-0.3, -0.25) is 9.36 Å². The van der Waals surface area contributed by atoms with Gasteiger partial charge < -0.3 is 14.0 Å². The molecule has 1 aliphatic heterocycles. The average molecular weight is 423 g/mol. The second-order valence-electron chi connectivity index (χ2n) is 7.46. The Morgan fingerprint density at radius 1 is 1.23 bits per heavy atom. The predicted molar refractivity (Wildman–Crippen MR) is 107 cm³/mol. The van der Waals surface area contributed by atoms with E-state index >= 15 is 0 Å². The monoisotopic (exact) mass is 422 g/mol. The molecule has 6 rings (SSSR count). The van der Waals surface area contributed by atoms with Crippen LogP contribution in [-0.2, 0) is 13.6 Å². The molecule has 0 unspecified atom stereocenters. The van der Waals surface area contributed by atoms with Crippen LogP contribution in [0.5, 0.6) is 0 Å². The first kappa shape index (κ1) is 17.3. The Labute approximate surface area is 174 Å². The molecule has 0 amide bonds. The van der Waals surface area contributed by atoms with Gasteiger partial charge in [0.1, 0.15) is 18.0 Å². The van der Waals surface area contributed by atoms with Gasteiger partial charge in [-0.1, -0.05) is 16.8 Å². The fourth-order valence-corrected chi connectivity index (χ4v) is 4.12. The van der Waals surface area contributed by atoms with E-state index in [0.29, 0.717) is 34.0 Å². The number of fused-ring (bicyclic) bond motifs is 2. The van der Waals surface area contributed by atoms with Crippen LogP contribution in [0.3, 0.4) is 0 Å². The van der Waals surface area contributed by atoms with Gasteiger partial charge in [0, 0.05) is 25.7 Å². The van der Waals surface area contributed by atoms with E-state index in [2.05, 4.69) is 36.2 Å². The fourth-order valence-electron chi connectivity index (χ4n) is 4.01. The summed E-state index contributed by atoms with van der Waals surface area (Å²) >= 11 is 5.86. The Bertz CT molecular complexity index is 1370. The van der Waals surface area contributed by atoms with E-state index in [9.17, 15) is 4.79 Å². The molecule has 0 spiro atoms. The first-order valence-electron chi connectivity index (χ1n) is 9.37. The minimum atomic E-state index is -0.196. The minimum absolute atomic E-state index is 0.161. The topological polar surface area (TPSA) is 108 Å². The van der Waals surface area contributed by atoms with Crippen LogP contribution in [0, 0.1) is 5.92 Å². The smallest absolute Gasteiger partial charge is 0.280 e. The van der Waals surface area contributed by atoms with Gasteiger partial charge in [0.2, 0.25) is 5.89 Å². The molecule has 1 saturated carbocycles. The first-order valence-corrected chi connectivity index (χ1v) is 9.75. The molecule has 0 saturated heterocycles. The second-order valence-corrected chi connectivity index (χ2v) is 7.84. The highest BCUT2D eigenvalue weighted by Gasteiger charge is 2.52. The summed E-state index contributed by atoms with van der Waals surface area (Å²) in [7, 11) is 1.76. The maximum atomic E-state index is 12.7. The van der Waals surface area contributed by atoms with Gasteiger partial charge in [0.25, 0.3) is 5.56 Å². The van der Waals surface area contributed by atoms with Crippen molar-refractivity contribution in [2.45, 2.75) is 12.5 Å². The summed E-state index contributed by atoms with van der Waals surface area (Å²) in [5.74, 6) is 1.55. The predicted octanol–water partition coefficient (Wildman–Crippen LogP) is 1.73. The first-order chi connectivity index (χ1) is 14.6. The molecule has 1 aliphatic carbocycles. The van der Waals surface area contributed by atoms with Gasteiger partial charge in [-0.25, -0.2) is 15.0 Å². The number of rotatable bonds is 4. The molecule has 10 nitrogen and oxygen atoms in total. The number of pyridine rings is 1. The molecule has 0 aromatic carbocycles. The van der Waals surface area contributed by atoms with Gasteiger partial charge in [-0.05, 0) is 17.7 Å². The van der Waals surface area contributed by atoms with E-state index in [1.54, 1.807) is 30.2 Å². The maximum Gasteiger partial charge on any atom is 0.280 e. The van der Waals surface area contributed by atoms with Crippen LogP contribution in [0.25, 0.3) is 11.2 Å². The van der Waals surface area contributed by atoms with Gasteiger partial charge >= 0.3 is 0 Å². The van der Waals surface area contributed by atoms with Crippen molar-refractivity contribution < 1.29 is 4.52 Å². The van der Waals surface area contributed by atoms with Crippen molar-refractivity contribution >= 4 is 28.5 Å². The summed E-state index contributed by atoms with van der Waals surface area (Å²) in [4.78, 5) is 31.8. The number of nitrogens with zero attached hydrogens (tertiary/aromatic N) is 8. The lowest BCUT2D eigenvalue weighted by molar-refractivity contribution is 0.364. The standard InChI is InChI=1S/C19H15ClN8O2/c1-26-8-22-18-16(26)19(29)28(9-23-18)7-14-24-17(25-30-14)15-11-5-27(6-12(11)15)10-2-3-13(20)21-4-10/h2-5,8-9,12,15H,6-7H2,1H3/t12-,15-/m0/s1. The summed E-state index contributed by atoms with van der Waals surface area (Å²) < 4.78 is 8.50. The molecule has 150 valence electrons. The van der Waals surface area contributed by atoms with Gasteiger partial charge in [0.05, 0.1) is 24.1 Å². The van der Waals surface area contributed by atoms with Crippen LogP contribution in [0.1, 0.15) is 17.6 Å². The molecule has 2 aliphatic rings. The Hall–Kier alpha value is -3.53. The Kier molecular flexibility index (Phi) is 3.60.